The van der Waals surface area contributed by atoms with Gasteiger partial charge in [0.2, 0.25) is 0 Å². The van der Waals surface area contributed by atoms with E-state index in [9.17, 15) is 9.18 Å². The molecule has 0 aliphatic carbocycles. The van der Waals surface area contributed by atoms with E-state index in [1.54, 1.807) is 0 Å². The van der Waals surface area contributed by atoms with Gasteiger partial charge >= 0.3 is 5.97 Å². The van der Waals surface area contributed by atoms with Gasteiger partial charge in [-0.1, -0.05) is 0 Å². The van der Waals surface area contributed by atoms with Gasteiger partial charge in [-0.05, 0) is 6.08 Å². The summed E-state index contributed by atoms with van der Waals surface area (Å²) in [5.74, 6) is -3.66. The quantitative estimate of drug-likeness (QED) is 0.552. The van der Waals surface area contributed by atoms with E-state index < -0.39 is 11.8 Å². The van der Waals surface area contributed by atoms with Crippen LogP contribution in [-0.2, 0) is 4.79 Å². The second-order valence-electron chi connectivity index (χ2n) is 2.21. The van der Waals surface area contributed by atoms with Gasteiger partial charge in [-0.2, -0.15) is 9.65 Å². The highest BCUT2D eigenvalue weighted by Gasteiger charge is 2.28. The van der Waals surface area contributed by atoms with E-state index in [1.165, 1.54) is 12.1 Å². The van der Waals surface area contributed by atoms with Gasteiger partial charge < -0.3 is 10.4 Å². The Bertz CT molecular complexity index is 316. The molecule has 0 aromatic carbocycles. The number of rotatable bonds is 1. The predicted octanol–water partition coefficient (Wildman–Crippen LogP) is 0.304. The number of carboxylic acids is 1. The topological polar surface area (TPSA) is 73.1 Å². The lowest BCUT2D eigenvalue weighted by atomic mass is 10.1. The predicted molar refractivity (Wildman–Crippen MR) is 37.4 cm³/mol. The fourth-order valence-corrected chi connectivity index (χ4v) is 0.754. The Labute approximate surface area is 67.6 Å². The molecule has 0 bridgehead atoms. The number of nitrogens with one attached hydrogen (secondary N) is 1. The van der Waals surface area contributed by atoms with E-state index in [-0.39, 0.29) is 5.57 Å². The van der Waals surface area contributed by atoms with Gasteiger partial charge in [0, 0.05) is 12.3 Å². The molecule has 1 unspecified atom stereocenters. The molecule has 12 heavy (non-hydrogen) atoms. The number of nitriles is 1. The number of hydrogen-bond donors (Lipinski definition) is 2. The summed E-state index contributed by atoms with van der Waals surface area (Å²) >= 11 is 0. The highest BCUT2D eigenvalue weighted by Crippen LogP contribution is 2.15. The van der Waals surface area contributed by atoms with Crippen LogP contribution in [0.15, 0.2) is 23.9 Å². The minimum absolute atomic E-state index is 0.238. The first-order valence-corrected chi connectivity index (χ1v) is 3.08. The van der Waals surface area contributed by atoms with E-state index in [0.717, 1.165) is 12.3 Å². The minimum atomic E-state index is -2.40. The first-order valence-electron chi connectivity index (χ1n) is 3.08. The third-order valence-corrected chi connectivity index (χ3v) is 1.32. The number of carbonyl (C=O) groups is 1. The molecular weight excluding hydrogens is 163 g/mol. The van der Waals surface area contributed by atoms with Crippen molar-refractivity contribution in [2.45, 2.75) is 5.79 Å². The molecule has 0 fully saturated rings. The molecule has 2 N–H and O–H groups in total. The van der Waals surface area contributed by atoms with Crippen LogP contribution in [0.4, 0.5) is 4.39 Å². The van der Waals surface area contributed by atoms with Crippen LogP contribution in [0.1, 0.15) is 0 Å². The Balaban J connectivity index is 2.99. The van der Waals surface area contributed by atoms with Crippen molar-refractivity contribution in [3.05, 3.63) is 23.9 Å². The summed E-state index contributed by atoms with van der Waals surface area (Å²) in [4.78, 5) is 10.3. The molecule has 0 spiro atoms. The van der Waals surface area contributed by atoms with Crippen LogP contribution in [0, 0.1) is 11.3 Å². The summed E-state index contributed by atoms with van der Waals surface area (Å²) in [5.41, 5.74) is -0.238. The maximum atomic E-state index is 13.0. The Morgan fingerprint density at radius 3 is 3.00 bits per heavy atom. The van der Waals surface area contributed by atoms with E-state index in [0.29, 0.717) is 0 Å². The Kier molecular flexibility index (Phi) is 1.83. The molecule has 4 nitrogen and oxygen atoms in total. The molecule has 0 aromatic heterocycles. The molecule has 0 saturated carbocycles. The Hall–Kier alpha value is -1.83. The molecule has 0 aromatic rings. The van der Waals surface area contributed by atoms with E-state index in [1.807, 2.05) is 0 Å². The Morgan fingerprint density at radius 1 is 1.83 bits per heavy atom. The molecule has 0 radical (unpaired) electrons. The minimum Gasteiger partial charge on any atom is -0.478 e. The van der Waals surface area contributed by atoms with Crippen LogP contribution in [-0.4, -0.2) is 16.9 Å². The second kappa shape index (κ2) is 2.66. The molecule has 1 atom stereocenters. The largest absolute Gasteiger partial charge is 0.478 e. The maximum Gasteiger partial charge on any atom is 0.335 e. The molecule has 62 valence electrons. The fourth-order valence-electron chi connectivity index (χ4n) is 0.754. The van der Waals surface area contributed by atoms with Gasteiger partial charge in [0.25, 0.3) is 5.79 Å². The van der Waals surface area contributed by atoms with E-state index >= 15 is 0 Å². The van der Waals surface area contributed by atoms with Crippen LogP contribution in [0.5, 0.6) is 0 Å². The average molecular weight is 168 g/mol. The van der Waals surface area contributed by atoms with Crippen LogP contribution in [0.2, 0.25) is 0 Å². The standard InChI is InChI=1S/C7H5FN2O2/c8-7(4-9)3-5(6(11)12)1-2-10-7/h1-3,10H,(H,11,12). The zero-order valence-electron chi connectivity index (χ0n) is 5.91. The number of halogens is 1. The first kappa shape index (κ1) is 8.27. The van der Waals surface area contributed by atoms with Crippen molar-refractivity contribution in [1.29, 1.82) is 5.26 Å². The number of hydrogen-bond acceptors (Lipinski definition) is 3. The van der Waals surface area contributed by atoms with Crippen molar-refractivity contribution >= 4 is 5.97 Å². The highest BCUT2D eigenvalue weighted by molar-refractivity contribution is 5.90. The number of carboxylic acid groups (broad SMARTS) is 1. The molecule has 1 heterocycles. The van der Waals surface area contributed by atoms with Crippen molar-refractivity contribution < 1.29 is 14.3 Å². The average Bonchev–Trinajstić information content (AvgIpc) is 2.05. The third kappa shape index (κ3) is 1.42. The first-order chi connectivity index (χ1) is 5.57. The summed E-state index contributed by atoms with van der Waals surface area (Å²) in [6.07, 6.45) is 2.99. The molecule has 0 saturated heterocycles. The lowest BCUT2D eigenvalue weighted by Gasteiger charge is -2.17. The number of dihydropyridines is 1. The van der Waals surface area contributed by atoms with Crippen LogP contribution >= 0.6 is 0 Å². The maximum absolute atomic E-state index is 13.0. The third-order valence-electron chi connectivity index (χ3n) is 1.32. The summed E-state index contributed by atoms with van der Waals surface area (Å²) in [6, 6.07) is 1.30. The summed E-state index contributed by atoms with van der Waals surface area (Å²) < 4.78 is 13.0. The van der Waals surface area contributed by atoms with Crippen molar-refractivity contribution in [1.82, 2.24) is 5.32 Å². The lowest BCUT2D eigenvalue weighted by molar-refractivity contribution is -0.132. The number of alkyl halides is 1. The van der Waals surface area contributed by atoms with E-state index in [4.69, 9.17) is 10.4 Å². The van der Waals surface area contributed by atoms with Gasteiger partial charge in [-0.15, -0.1) is 0 Å². The lowest BCUT2D eigenvalue weighted by Crippen LogP contribution is -2.36. The van der Waals surface area contributed by atoms with Gasteiger partial charge in [0.1, 0.15) is 6.07 Å². The molecule has 1 rings (SSSR count). The van der Waals surface area contributed by atoms with Crippen molar-refractivity contribution in [3.8, 4) is 6.07 Å². The highest BCUT2D eigenvalue weighted by atomic mass is 19.1. The summed E-state index contributed by atoms with van der Waals surface area (Å²) in [5, 5.41) is 18.8. The molecule has 1 aliphatic heterocycles. The smallest absolute Gasteiger partial charge is 0.335 e. The normalized spacial score (nSPS) is 26.8. The second-order valence-corrected chi connectivity index (χ2v) is 2.21. The van der Waals surface area contributed by atoms with Crippen LogP contribution < -0.4 is 5.32 Å². The van der Waals surface area contributed by atoms with Gasteiger partial charge in [0.15, 0.2) is 0 Å². The van der Waals surface area contributed by atoms with E-state index in [2.05, 4.69) is 5.32 Å². The van der Waals surface area contributed by atoms with Gasteiger partial charge in [-0.25, -0.2) is 4.79 Å². The van der Waals surface area contributed by atoms with Gasteiger partial charge in [-0.3, -0.25) is 0 Å². The Morgan fingerprint density at radius 2 is 2.50 bits per heavy atom. The number of nitrogens with zero attached hydrogens (tertiary/aromatic N) is 1. The van der Waals surface area contributed by atoms with Crippen molar-refractivity contribution in [3.63, 3.8) is 0 Å². The van der Waals surface area contributed by atoms with Gasteiger partial charge in [0.05, 0.1) is 5.57 Å². The fraction of sp³-hybridized carbons (Fsp3) is 0.143. The van der Waals surface area contributed by atoms with Crippen molar-refractivity contribution in [2.24, 2.45) is 0 Å². The SMILES string of the molecule is N#CC1(F)C=C(C(=O)O)C=CN1. The molecule has 0 amide bonds. The molecule has 5 heteroatoms. The summed E-state index contributed by atoms with van der Waals surface area (Å²) in [6.45, 7) is 0. The zero-order chi connectivity index (χ0) is 9.19. The molecular formula is C7H5FN2O2. The van der Waals surface area contributed by atoms with Crippen molar-refractivity contribution in [2.75, 3.05) is 0 Å². The monoisotopic (exact) mass is 168 g/mol. The summed E-state index contributed by atoms with van der Waals surface area (Å²) in [7, 11) is 0. The number of aliphatic carboxylic acids is 1. The molecule has 1 aliphatic rings. The van der Waals surface area contributed by atoms with Crippen LogP contribution in [0.3, 0.4) is 0 Å². The zero-order valence-corrected chi connectivity index (χ0v) is 5.91. The van der Waals surface area contributed by atoms with Crippen LogP contribution in [0.25, 0.3) is 0 Å².